The fraction of sp³-hybridized carbons (Fsp3) is 0.444. The van der Waals surface area contributed by atoms with Crippen LogP contribution in [-0.2, 0) is 23.1 Å². The molecule has 3 fully saturated rings. The largest absolute Gasteiger partial charge is 0.345 e. The molecule has 1 unspecified atom stereocenters. The predicted molar refractivity (Wildman–Crippen MR) is 190 cm³/mol. The molecule has 6 heterocycles. The van der Waals surface area contributed by atoms with E-state index in [-0.39, 0.29) is 42.2 Å². The van der Waals surface area contributed by atoms with Crippen molar-refractivity contribution in [2.45, 2.75) is 75.7 Å². The molecule has 1 aromatic carbocycles. The molecule has 1 aliphatic carbocycles. The van der Waals surface area contributed by atoms with E-state index in [1.807, 2.05) is 40.0 Å². The number of alkyl halides is 1. The second-order valence-electron chi connectivity index (χ2n) is 14.1. The molecule has 0 bridgehead atoms. The van der Waals surface area contributed by atoms with E-state index in [0.29, 0.717) is 43.6 Å². The van der Waals surface area contributed by atoms with Crippen molar-refractivity contribution in [3.8, 4) is 11.1 Å². The Bertz CT molecular complexity index is 2300. The summed E-state index contributed by atoms with van der Waals surface area (Å²) in [7, 11) is 1.70. The molecule has 16 nitrogen and oxygen atoms in total. The lowest BCUT2D eigenvalue weighted by Gasteiger charge is -2.32. The molecule has 5 amide bonds. The number of carbonyl (C=O) groups excluding carboxylic acids is 4. The van der Waals surface area contributed by atoms with E-state index in [0.717, 1.165) is 47.9 Å². The van der Waals surface area contributed by atoms with Crippen LogP contribution in [0.15, 0.2) is 53.8 Å². The second-order valence-corrected chi connectivity index (χ2v) is 14.1. The van der Waals surface area contributed by atoms with E-state index < -0.39 is 30.1 Å². The zero-order chi connectivity index (χ0) is 36.8. The minimum absolute atomic E-state index is 0.0933. The Balaban J connectivity index is 0.807. The lowest BCUT2D eigenvalue weighted by atomic mass is 10.0. The maximum atomic E-state index is 13.2. The van der Waals surface area contributed by atoms with E-state index in [4.69, 9.17) is 0 Å². The SMILES string of the molecule is Cn1c(=O)n(C2CCC(=O)NC2=O)c2cccc(CCCCNC(=O)N3CCC(n4cc(-c5cnn6c(C(=O)N[C@@H]7C[C@@H]7F)cnc6c5)cn4)CC3)c21. The van der Waals surface area contributed by atoms with Gasteiger partial charge in [-0.2, -0.15) is 10.2 Å². The van der Waals surface area contributed by atoms with Crippen LogP contribution in [0.3, 0.4) is 0 Å². The highest BCUT2D eigenvalue weighted by Crippen LogP contribution is 2.28. The molecule has 2 aliphatic heterocycles. The van der Waals surface area contributed by atoms with E-state index in [1.54, 1.807) is 24.0 Å². The fourth-order valence-electron chi connectivity index (χ4n) is 7.46. The average molecular weight is 726 g/mol. The van der Waals surface area contributed by atoms with E-state index in [1.165, 1.54) is 15.3 Å². The van der Waals surface area contributed by atoms with Crippen molar-refractivity contribution in [1.82, 2.24) is 54.4 Å². The Labute approximate surface area is 302 Å². The van der Waals surface area contributed by atoms with Crippen molar-refractivity contribution < 1.29 is 23.6 Å². The van der Waals surface area contributed by atoms with Gasteiger partial charge in [-0.3, -0.25) is 33.5 Å². The van der Waals surface area contributed by atoms with Crippen LogP contribution in [0.2, 0.25) is 0 Å². The molecule has 1 saturated carbocycles. The van der Waals surface area contributed by atoms with Crippen molar-refractivity contribution in [3.05, 3.63) is 70.8 Å². The summed E-state index contributed by atoms with van der Waals surface area (Å²) in [6.07, 6.45) is 10.4. The molecule has 17 heteroatoms. The summed E-state index contributed by atoms with van der Waals surface area (Å²) >= 11 is 0. The first kappa shape index (κ1) is 34.2. The summed E-state index contributed by atoms with van der Waals surface area (Å²) in [5, 5.41) is 17.0. The minimum Gasteiger partial charge on any atom is -0.345 e. The number of likely N-dealkylation sites (tertiary alicyclic amines) is 1. The third-order valence-electron chi connectivity index (χ3n) is 10.5. The number of halogens is 1. The molecule has 8 rings (SSSR count). The van der Waals surface area contributed by atoms with Crippen LogP contribution in [-0.4, -0.2) is 94.0 Å². The minimum atomic E-state index is -0.994. The number of amides is 5. The van der Waals surface area contributed by atoms with Gasteiger partial charge in [0.25, 0.3) is 5.91 Å². The highest BCUT2D eigenvalue weighted by molar-refractivity contribution is 6.00. The third kappa shape index (κ3) is 6.66. The molecule has 53 heavy (non-hydrogen) atoms. The van der Waals surface area contributed by atoms with Crippen molar-refractivity contribution in [2.75, 3.05) is 19.6 Å². The van der Waals surface area contributed by atoms with Crippen molar-refractivity contribution in [3.63, 3.8) is 0 Å². The number of aromatic nitrogens is 7. The van der Waals surface area contributed by atoms with Crippen LogP contribution in [0.25, 0.3) is 27.8 Å². The summed E-state index contributed by atoms with van der Waals surface area (Å²) in [6, 6.07) is 6.39. The van der Waals surface area contributed by atoms with Crippen LogP contribution < -0.4 is 21.6 Å². The van der Waals surface area contributed by atoms with Gasteiger partial charge in [0.05, 0.1) is 41.7 Å². The van der Waals surface area contributed by atoms with Crippen LogP contribution in [0.1, 0.15) is 73.1 Å². The normalized spacial score (nSPS) is 20.6. The summed E-state index contributed by atoms with van der Waals surface area (Å²) in [5.41, 5.74) is 4.55. The maximum Gasteiger partial charge on any atom is 0.329 e. The highest BCUT2D eigenvalue weighted by Gasteiger charge is 2.39. The Morgan fingerprint density at radius 2 is 1.81 bits per heavy atom. The number of imide groups is 1. The van der Waals surface area contributed by atoms with Crippen LogP contribution in [0.4, 0.5) is 9.18 Å². The van der Waals surface area contributed by atoms with Gasteiger partial charge in [-0.15, -0.1) is 0 Å². The molecule has 0 spiro atoms. The van der Waals surface area contributed by atoms with E-state index >= 15 is 0 Å². The number of urea groups is 1. The first-order valence-electron chi connectivity index (χ1n) is 18.0. The first-order valence-corrected chi connectivity index (χ1v) is 18.0. The standard InChI is InChI=1S/C36H40FN11O5/c1-44-32-21(6-4-7-27(32)47(36(44)53)28-8-9-31(49)43-33(28)50)5-2-3-12-38-35(52)45-13-10-24(11-14-45)46-20-23(18-40-46)22-15-30-39-19-29(48(30)41-17-22)34(51)42-26-16-25(26)37/h4,6-7,15,17-20,24-26,28H,2-3,5,8-14,16H2,1H3,(H,38,52)(H,42,51)(H,43,49,50)/t25-,26+,28?/m0/s1. The second kappa shape index (κ2) is 13.9. The summed E-state index contributed by atoms with van der Waals surface area (Å²) < 4.78 is 19.7. The number of rotatable bonds is 10. The molecule has 3 atom stereocenters. The first-order chi connectivity index (χ1) is 25.7. The molecular weight excluding hydrogens is 685 g/mol. The fourth-order valence-corrected chi connectivity index (χ4v) is 7.46. The number of unbranched alkanes of at least 4 members (excludes halogenated alkanes) is 1. The Kier molecular flexibility index (Phi) is 9.00. The van der Waals surface area contributed by atoms with Gasteiger partial charge in [0.15, 0.2) is 5.65 Å². The number of para-hydroxylation sites is 1. The van der Waals surface area contributed by atoms with Crippen LogP contribution in [0.5, 0.6) is 0 Å². The highest BCUT2D eigenvalue weighted by atomic mass is 19.1. The number of imidazole rings is 2. The molecule has 0 radical (unpaired) electrons. The number of fused-ring (bicyclic) bond motifs is 2. The van der Waals surface area contributed by atoms with Crippen LogP contribution in [0, 0.1) is 0 Å². The summed E-state index contributed by atoms with van der Waals surface area (Å²) in [4.78, 5) is 69.0. The molecule has 2 saturated heterocycles. The van der Waals surface area contributed by atoms with Gasteiger partial charge in [-0.05, 0) is 56.2 Å². The van der Waals surface area contributed by atoms with Crippen molar-refractivity contribution in [2.24, 2.45) is 7.05 Å². The van der Waals surface area contributed by atoms with Gasteiger partial charge in [-0.25, -0.2) is 23.5 Å². The van der Waals surface area contributed by atoms with Gasteiger partial charge in [-0.1, -0.05) is 12.1 Å². The molecule has 3 aliphatic rings. The number of benzene rings is 1. The number of carbonyl (C=O) groups is 4. The molecule has 3 N–H and O–H groups in total. The molecule has 276 valence electrons. The molecule has 5 aromatic rings. The number of aryl methyl sites for hydroxylation is 2. The van der Waals surface area contributed by atoms with E-state index in [2.05, 4.69) is 31.1 Å². The maximum absolute atomic E-state index is 13.2. The smallest absolute Gasteiger partial charge is 0.329 e. The lowest BCUT2D eigenvalue weighted by Crippen LogP contribution is -2.45. The molecular formula is C36H40FN11O5. The average Bonchev–Trinajstić information content (AvgIpc) is 3.48. The quantitative estimate of drug-likeness (QED) is 0.145. The molecule has 4 aromatic heterocycles. The third-order valence-corrected chi connectivity index (χ3v) is 10.5. The van der Waals surface area contributed by atoms with Gasteiger partial charge < -0.3 is 15.5 Å². The topological polar surface area (TPSA) is 183 Å². The Morgan fingerprint density at radius 1 is 1.02 bits per heavy atom. The zero-order valence-corrected chi connectivity index (χ0v) is 29.2. The van der Waals surface area contributed by atoms with Gasteiger partial charge >= 0.3 is 11.7 Å². The number of hydrogen-bond acceptors (Lipinski definition) is 8. The Hall–Kier alpha value is -5.87. The van der Waals surface area contributed by atoms with Crippen LogP contribution >= 0.6 is 0 Å². The number of piperidine rings is 2. The lowest BCUT2D eigenvalue weighted by molar-refractivity contribution is -0.135. The number of hydrogen-bond donors (Lipinski definition) is 3. The number of nitrogens with zero attached hydrogens (tertiary/aromatic N) is 8. The van der Waals surface area contributed by atoms with E-state index in [9.17, 15) is 28.4 Å². The Morgan fingerprint density at radius 3 is 2.58 bits per heavy atom. The van der Waals surface area contributed by atoms with Crippen molar-refractivity contribution in [1.29, 1.82) is 0 Å². The van der Waals surface area contributed by atoms with Gasteiger partial charge in [0, 0.05) is 56.8 Å². The zero-order valence-electron chi connectivity index (χ0n) is 29.2. The van der Waals surface area contributed by atoms with Crippen molar-refractivity contribution >= 4 is 40.4 Å². The number of nitrogens with one attached hydrogen (secondary N) is 3. The van der Waals surface area contributed by atoms with Gasteiger partial charge in [0.2, 0.25) is 11.8 Å². The summed E-state index contributed by atoms with van der Waals surface area (Å²) in [6.45, 7) is 1.72. The predicted octanol–water partition coefficient (Wildman–Crippen LogP) is 2.43. The monoisotopic (exact) mass is 725 g/mol. The van der Waals surface area contributed by atoms with Gasteiger partial charge in [0.1, 0.15) is 17.9 Å². The summed E-state index contributed by atoms with van der Waals surface area (Å²) in [5.74, 6) is -1.18.